The van der Waals surface area contributed by atoms with Crippen LogP contribution in [-0.2, 0) is 19.9 Å². The molecule has 1 aliphatic heterocycles. The number of aliphatic hydroxyl groups excluding tert-OH is 1. The van der Waals surface area contributed by atoms with Crippen LogP contribution < -0.4 is 4.74 Å². The SMILES string of the molecule is Cn1cncc1C(O)CCc1ccc2c(c1)CCO2. The van der Waals surface area contributed by atoms with E-state index in [4.69, 9.17) is 4.74 Å². The summed E-state index contributed by atoms with van der Waals surface area (Å²) in [5.41, 5.74) is 3.41. The zero-order valence-corrected chi connectivity index (χ0v) is 11.0. The van der Waals surface area contributed by atoms with Crippen LogP contribution in [0, 0.1) is 0 Å². The largest absolute Gasteiger partial charge is 0.493 e. The summed E-state index contributed by atoms with van der Waals surface area (Å²) in [6.07, 6.45) is 5.54. The lowest BCUT2D eigenvalue weighted by Gasteiger charge is -2.11. The molecular formula is C15H18N2O2. The van der Waals surface area contributed by atoms with Crippen molar-refractivity contribution in [3.05, 3.63) is 47.5 Å². The molecule has 0 saturated carbocycles. The summed E-state index contributed by atoms with van der Waals surface area (Å²) in [5, 5.41) is 10.2. The van der Waals surface area contributed by atoms with Crippen LogP contribution in [-0.4, -0.2) is 21.3 Å². The van der Waals surface area contributed by atoms with Gasteiger partial charge in [-0.1, -0.05) is 12.1 Å². The second-order valence-electron chi connectivity index (χ2n) is 5.02. The van der Waals surface area contributed by atoms with Crippen molar-refractivity contribution >= 4 is 0 Å². The molecule has 19 heavy (non-hydrogen) atoms. The van der Waals surface area contributed by atoms with Crippen molar-refractivity contribution < 1.29 is 9.84 Å². The van der Waals surface area contributed by atoms with E-state index in [9.17, 15) is 5.11 Å². The third-order valence-electron chi connectivity index (χ3n) is 3.66. The quantitative estimate of drug-likeness (QED) is 0.912. The molecule has 1 aromatic carbocycles. The monoisotopic (exact) mass is 258 g/mol. The fourth-order valence-corrected chi connectivity index (χ4v) is 2.54. The topological polar surface area (TPSA) is 47.3 Å². The number of ether oxygens (including phenoxy) is 1. The van der Waals surface area contributed by atoms with Gasteiger partial charge >= 0.3 is 0 Å². The van der Waals surface area contributed by atoms with E-state index in [1.165, 1.54) is 11.1 Å². The highest BCUT2D eigenvalue weighted by Crippen LogP contribution is 2.27. The molecule has 2 aromatic rings. The van der Waals surface area contributed by atoms with E-state index in [-0.39, 0.29) is 0 Å². The maximum Gasteiger partial charge on any atom is 0.122 e. The summed E-state index contributed by atoms with van der Waals surface area (Å²) >= 11 is 0. The predicted molar refractivity (Wildman–Crippen MR) is 72.1 cm³/mol. The van der Waals surface area contributed by atoms with Crippen LogP contribution >= 0.6 is 0 Å². The van der Waals surface area contributed by atoms with Crippen molar-refractivity contribution in [2.24, 2.45) is 7.05 Å². The van der Waals surface area contributed by atoms with E-state index < -0.39 is 6.10 Å². The Hall–Kier alpha value is -1.81. The fraction of sp³-hybridized carbons (Fsp3) is 0.400. The van der Waals surface area contributed by atoms with Crippen LogP contribution in [0.2, 0.25) is 0 Å². The van der Waals surface area contributed by atoms with Gasteiger partial charge in [0.25, 0.3) is 0 Å². The Balaban J connectivity index is 1.65. The van der Waals surface area contributed by atoms with E-state index in [0.29, 0.717) is 6.42 Å². The molecule has 4 heteroatoms. The molecule has 0 amide bonds. The molecule has 1 unspecified atom stereocenters. The van der Waals surface area contributed by atoms with Crippen LogP contribution in [0.4, 0.5) is 0 Å². The molecule has 100 valence electrons. The predicted octanol–water partition coefficient (Wildman–Crippen LogP) is 2.02. The Morgan fingerprint density at radius 2 is 2.37 bits per heavy atom. The minimum Gasteiger partial charge on any atom is -0.493 e. The van der Waals surface area contributed by atoms with E-state index in [1.807, 2.05) is 17.7 Å². The van der Waals surface area contributed by atoms with Gasteiger partial charge in [0, 0.05) is 13.5 Å². The average Bonchev–Trinajstić information content (AvgIpc) is 3.03. The van der Waals surface area contributed by atoms with E-state index in [0.717, 1.165) is 30.9 Å². The van der Waals surface area contributed by atoms with Crippen LogP contribution in [0.5, 0.6) is 5.75 Å². The second kappa shape index (κ2) is 5.05. The van der Waals surface area contributed by atoms with Crippen molar-refractivity contribution in [3.8, 4) is 5.75 Å². The Morgan fingerprint density at radius 1 is 1.47 bits per heavy atom. The van der Waals surface area contributed by atoms with Crippen molar-refractivity contribution in [2.75, 3.05) is 6.61 Å². The lowest BCUT2D eigenvalue weighted by molar-refractivity contribution is 0.159. The minimum atomic E-state index is -0.461. The van der Waals surface area contributed by atoms with E-state index in [2.05, 4.69) is 17.1 Å². The van der Waals surface area contributed by atoms with E-state index >= 15 is 0 Å². The number of fused-ring (bicyclic) bond motifs is 1. The average molecular weight is 258 g/mol. The molecule has 1 N–H and O–H groups in total. The molecule has 1 aromatic heterocycles. The smallest absolute Gasteiger partial charge is 0.122 e. The summed E-state index contributed by atoms with van der Waals surface area (Å²) in [6.45, 7) is 0.788. The van der Waals surface area contributed by atoms with Crippen LogP contribution in [0.3, 0.4) is 0 Å². The number of aliphatic hydroxyl groups is 1. The van der Waals surface area contributed by atoms with Gasteiger partial charge in [-0.3, -0.25) is 0 Å². The Kier molecular flexibility index (Phi) is 3.25. The van der Waals surface area contributed by atoms with Crippen LogP contribution in [0.15, 0.2) is 30.7 Å². The first-order valence-corrected chi connectivity index (χ1v) is 6.63. The highest BCUT2D eigenvalue weighted by molar-refractivity contribution is 5.39. The number of imidazole rings is 1. The Morgan fingerprint density at radius 3 is 3.16 bits per heavy atom. The summed E-state index contributed by atoms with van der Waals surface area (Å²) in [5.74, 6) is 1.01. The Labute approximate surface area is 112 Å². The fourth-order valence-electron chi connectivity index (χ4n) is 2.54. The number of benzene rings is 1. The zero-order valence-electron chi connectivity index (χ0n) is 11.0. The lowest BCUT2D eigenvalue weighted by Crippen LogP contribution is -2.04. The summed E-state index contributed by atoms with van der Waals surface area (Å²) in [4.78, 5) is 4.03. The standard InChI is InChI=1S/C15H18N2O2/c1-17-10-16-9-13(17)14(18)4-2-11-3-5-15-12(8-11)6-7-19-15/h3,5,8-10,14,18H,2,4,6-7H2,1H3. The third kappa shape index (κ3) is 2.49. The molecule has 0 bridgehead atoms. The lowest BCUT2D eigenvalue weighted by atomic mass is 10.0. The molecule has 2 heterocycles. The number of rotatable bonds is 4. The number of aromatic nitrogens is 2. The third-order valence-corrected chi connectivity index (χ3v) is 3.66. The van der Waals surface area contributed by atoms with Gasteiger partial charge in [-0.2, -0.15) is 0 Å². The molecule has 4 nitrogen and oxygen atoms in total. The first kappa shape index (κ1) is 12.2. The molecule has 0 radical (unpaired) electrons. The molecule has 0 aliphatic carbocycles. The van der Waals surface area contributed by atoms with Gasteiger partial charge in [0.2, 0.25) is 0 Å². The van der Waals surface area contributed by atoms with E-state index in [1.54, 1.807) is 12.5 Å². The number of aryl methyl sites for hydroxylation is 2. The van der Waals surface area contributed by atoms with Crippen LogP contribution in [0.25, 0.3) is 0 Å². The van der Waals surface area contributed by atoms with Gasteiger partial charge in [-0.25, -0.2) is 4.98 Å². The van der Waals surface area contributed by atoms with Crippen molar-refractivity contribution in [3.63, 3.8) is 0 Å². The molecule has 0 fully saturated rings. The molecule has 1 aliphatic rings. The highest BCUT2D eigenvalue weighted by atomic mass is 16.5. The normalized spacial score (nSPS) is 15.1. The zero-order chi connectivity index (χ0) is 13.2. The molecule has 0 saturated heterocycles. The van der Waals surface area contributed by atoms with Crippen molar-refractivity contribution in [1.29, 1.82) is 0 Å². The Bertz CT molecular complexity index is 577. The highest BCUT2D eigenvalue weighted by Gasteiger charge is 2.14. The first-order chi connectivity index (χ1) is 9.24. The van der Waals surface area contributed by atoms with Gasteiger partial charge in [0.1, 0.15) is 5.75 Å². The van der Waals surface area contributed by atoms with Crippen molar-refractivity contribution in [1.82, 2.24) is 9.55 Å². The van der Waals surface area contributed by atoms with Gasteiger partial charge in [0.05, 0.1) is 30.9 Å². The van der Waals surface area contributed by atoms with Crippen molar-refractivity contribution in [2.45, 2.75) is 25.4 Å². The number of nitrogens with zero attached hydrogens (tertiary/aromatic N) is 2. The molecule has 3 rings (SSSR count). The molecule has 1 atom stereocenters. The minimum absolute atomic E-state index is 0.461. The number of hydrogen-bond donors (Lipinski definition) is 1. The van der Waals surface area contributed by atoms with Gasteiger partial charge in [-0.05, 0) is 30.0 Å². The van der Waals surface area contributed by atoms with Gasteiger partial charge < -0.3 is 14.4 Å². The first-order valence-electron chi connectivity index (χ1n) is 6.63. The molecule has 0 spiro atoms. The summed E-state index contributed by atoms with van der Waals surface area (Å²) < 4.78 is 7.35. The summed E-state index contributed by atoms with van der Waals surface area (Å²) in [6, 6.07) is 6.31. The number of hydrogen-bond acceptors (Lipinski definition) is 3. The maximum absolute atomic E-state index is 10.2. The summed E-state index contributed by atoms with van der Waals surface area (Å²) in [7, 11) is 1.90. The second-order valence-corrected chi connectivity index (χ2v) is 5.02. The molecular weight excluding hydrogens is 240 g/mol. The van der Waals surface area contributed by atoms with Gasteiger partial charge in [0.15, 0.2) is 0 Å². The maximum atomic E-state index is 10.2. The van der Waals surface area contributed by atoms with Crippen LogP contribution in [0.1, 0.15) is 29.3 Å². The van der Waals surface area contributed by atoms with Gasteiger partial charge in [-0.15, -0.1) is 0 Å².